The van der Waals surface area contributed by atoms with Crippen LogP contribution in [0.4, 0.5) is 11.4 Å². The van der Waals surface area contributed by atoms with Gasteiger partial charge in [-0.2, -0.15) is 0 Å². The van der Waals surface area contributed by atoms with Gasteiger partial charge in [-0.15, -0.1) is 0 Å². The fourth-order valence-electron chi connectivity index (χ4n) is 2.82. The number of sulfonamides is 1. The number of methoxy groups -OCH3 is 1. The zero-order valence-corrected chi connectivity index (χ0v) is 17.1. The summed E-state index contributed by atoms with van der Waals surface area (Å²) in [5.74, 6) is 0.291. The number of rotatable bonds is 7. The van der Waals surface area contributed by atoms with Crippen LogP contribution >= 0.6 is 0 Å². The van der Waals surface area contributed by atoms with Gasteiger partial charge in [-0.3, -0.25) is 9.10 Å². The van der Waals surface area contributed by atoms with Gasteiger partial charge < -0.3 is 10.1 Å². The molecule has 2 aromatic rings. The number of nitrogens with one attached hydrogen (secondary N) is 1. The topological polar surface area (TPSA) is 75.7 Å². The molecule has 0 saturated heterocycles. The number of benzene rings is 2. The number of amides is 1. The molecule has 0 radical (unpaired) electrons. The third-order valence-electron chi connectivity index (χ3n) is 4.43. The fraction of sp³-hybridized carbons (Fsp3) is 0.350. The van der Waals surface area contributed by atoms with Crippen LogP contribution in [0.15, 0.2) is 42.5 Å². The van der Waals surface area contributed by atoms with Crippen LogP contribution in [0.25, 0.3) is 0 Å². The minimum Gasteiger partial charge on any atom is -0.497 e. The van der Waals surface area contributed by atoms with Crippen molar-refractivity contribution in [2.24, 2.45) is 0 Å². The van der Waals surface area contributed by atoms with Crippen LogP contribution in [0.1, 0.15) is 24.5 Å². The highest BCUT2D eigenvalue weighted by Crippen LogP contribution is 2.26. The van der Waals surface area contributed by atoms with Gasteiger partial charge in [0.1, 0.15) is 11.8 Å². The second-order valence-corrected chi connectivity index (χ2v) is 8.33. The normalized spacial score (nSPS) is 12.3. The molecular weight excluding hydrogens is 364 g/mol. The number of hydrogen-bond acceptors (Lipinski definition) is 4. The Kier molecular flexibility index (Phi) is 6.49. The summed E-state index contributed by atoms with van der Waals surface area (Å²) in [7, 11) is -2.09. The maximum atomic E-state index is 12.9. The third kappa shape index (κ3) is 5.01. The van der Waals surface area contributed by atoms with Crippen molar-refractivity contribution in [3.05, 3.63) is 53.6 Å². The molecule has 1 atom stereocenters. The third-order valence-corrected chi connectivity index (χ3v) is 5.61. The Balaban J connectivity index is 2.36. The average Bonchev–Trinajstić information content (AvgIpc) is 2.61. The molecule has 7 heteroatoms. The SMILES string of the molecule is CC[C@H](C(=O)Nc1ccc(OC)cc1)N(c1ccc(C)c(C)c1)S(C)(=O)=O. The van der Waals surface area contributed by atoms with Gasteiger partial charge in [-0.1, -0.05) is 13.0 Å². The zero-order chi connectivity index (χ0) is 20.2. The molecule has 1 amide bonds. The van der Waals surface area contributed by atoms with Crippen LogP contribution in [0, 0.1) is 13.8 Å². The van der Waals surface area contributed by atoms with Gasteiger partial charge in [0.05, 0.1) is 19.1 Å². The van der Waals surface area contributed by atoms with E-state index in [1.807, 2.05) is 19.9 Å². The second kappa shape index (κ2) is 8.43. The Morgan fingerprint density at radius 1 is 1.11 bits per heavy atom. The molecule has 6 nitrogen and oxygen atoms in total. The van der Waals surface area contributed by atoms with Crippen LogP contribution in [0.5, 0.6) is 5.75 Å². The summed E-state index contributed by atoms with van der Waals surface area (Å²) in [5, 5.41) is 2.79. The van der Waals surface area contributed by atoms with E-state index >= 15 is 0 Å². The largest absolute Gasteiger partial charge is 0.497 e. The monoisotopic (exact) mass is 390 g/mol. The van der Waals surface area contributed by atoms with Crippen molar-refractivity contribution >= 4 is 27.3 Å². The number of carbonyl (C=O) groups excluding carboxylic acids is 1. The lowest BCUT2D eigenvalue weighted by atomic mass is 10.1. The molecule has 27 heavy (non-hydrogen) atoms. The minimum absolute atomic E-state index is 0.335. The highest BCUT2D eigenvalue weighted by Gasteiger charge is 2.31. The number of aryl methyl sites for hydroxylation is 2. The Hall–Kier alpha value is -2.54. The standard InChI is InChI=1S/C20H26N2O4S/c1-6-19(20(23)21-16-8-11-18(26-4)12-9-16)22(27(5,24)25)17-10-7-14(2)15(3)13-17/h7-13,19H,6H2,1-5H3,(H,21,23)/t19-/m1/s1. The molecule has 0 aromatic heterocycles. The van der Waals surface area contributed by atoms with Crippen molar-refractivity contribution < 1.29 is 17.9 Å². The molecule has 0 aliphatic rings. The first kappa shape index (κ1) is 20.8. The van der Waals surface area contributed by atoms with E-state index in [9.17, 15) is 13.2 Å². The van der Waals surface area contributed by atoms with E-state index in [4.69, 9.17) is 4.74 Å². The lowest BCUT2D eigenvalue weighted by molar-refractivity contribution is -0.117. The van der Waals surface area contributed by atoms with Gasteiger partial charge in [-0.25, -0.2) is 8.42 Å². The summed E-state index contributed by atoms with van der Waals surface area (Å²) in [6.45, 7) is 5.66. The summed E-state index contributed by atoms with van der Waals surface area (Å²) in [5.41, 5.74) is 3.08. The average molecular weight is 391 g/mol. The molecule has 2 aromatic carbocycles. The van der Waals surface area contributed by atoms with E-state index in [-0.39, 0.29) is 5.91 Å². The van der Waals surface area contributed by atoms with E-state index in [0.717, 1.165) is 17.4 Å². The van der Waals surface area contributed by atoms with E-state index < -0.39 is 16.1 Å². The number of hydrogen-bond donors (Lipinski definition) is 1. The van der Waals surface area contributed by atoms with E-state index in [1.165, 1.54) is 4.31 Å². The van der Waals surface area contributed by atoms with Gasteiger partial charge in [0, 0.05) is 5.69 Å². The Labute approximate surface area is 161 Å². The maximum absolute atomic E-state index is 12.9. The first-order valence-corrected chi connectivity index (χ1v) is 10.5. The molecule has 0 aliphatic carbocycles. The highest BCUT2D eigenvalue weighted by molar-refractivity contribution is 7.92. The van der Waals surface area contributed by atoms with Crippen molar-refractivity contribution in [3.63, 3.8) is 0 Å². The Morgan fingerprint density at radius 3 is 2.22 bits per heavy atom. The molecule has 1 N–H and O–H groups in total. The van der Waals surface area contributed by atoms with Gasteiger partial charge in [0.25, 0.3) is 0 Å². The summed E-state index contributed by atoms with van der Waals surface area (Å²) < 4.78 is 31.3. The Morgan fingerprint density at radius 2 is 1.74 bits per heavy atom. The van der Waals surface area contributed by atoms with Gasteiger partial charge in [0.15, 0.2) is 0 Å². The molecule has 146 valence electrons. The van der Waals surface area contributed by atoms with Crippen molar-refractivity contribution in [2.75, 3.05) is 23.0 Å². The summed E-state index contributed by atoms with van der Waals surface area (Å²) >= 11 is 0. The van der Waals surface area contributed by atoms with Crippen LogP contribution < -0.4 is 14.4 Å². The molecular formula is C20H26N2O4S. The molecule has 0 aliphatic heterocycles. The van der Waals surface area contributed by atoms with E-state index in [2.05, 4.69) is 5.32 Å². The second-order valence-electron chi connectivity index (χ2n) is 6.47. The lowest BCUT2D eigenvalue weighted by Crippen LogP contribution is -2.47. The molecule has 0 unspecified atom stereocenters. The predicted molar refractivity (Wildman–Crippen MR) is 109 cm³/mol. The predicted octanol–water partition coefficient (Wildman–Crippen LogP) is 3.50. The van der Waals surface area contributed by atoms with Crippen LogP contribution in [0.3, 0.4) is 0 Å². The van der Waals surface area contributed by atoms with Crippen molar-refractivity contribution in [1.29, 1.82) is 0 Å². The van der Waals surface area contributed by atoms with Gasteiger partial charge in [0.2, 0.25) is 15.9 Å². The maximum Gasteiger partial charge on any atom is 0.248 e. The number of anilines is 2. The number of carbonyl (C=O) groups is 1. The summed E-state index contributed by atoms with van der Waals surface area (Å²) in [6.07, 6.45) is 1.45. The Bertz CT molecular complexity index is 908. The van der Waals surface area contributed by atoms with Crippen molar-refractivity contribution in [1.82, 2.24) is 0 Å². The van der Waals surface area contributed by atoms with Gasteiger partial charge >= 0.3 is 0 Å². The molecule has 0 saturated carbocycles. The van der Waals surface area contributed by atoms with E-state index in [0.29, 0.717) is 23.5 Å². The molecule has 0 spiro atoms. The highest BCUT2D eigenvalue weighted by atomic mass is 32.2. The number of ether oxygens (including phenoxy) is 1. The van der Waals surface area contributed by atoms with Crippen molar-refractivity contribution in [2.45, 2.75) is 33.2 Å². The van der Waals surface area contributed by atoms with Crippen molar-refractivity contribution in [3.8, 4) is 5.75 Å². The molecule has 0 bridgehead atoms. The molecule has 0 heterocycles. The van der Waals surface area contributed by atoms with Crippen LogP contribution in [-0.2, 0) is 14.8 Å². The zero-order valence-electron chi connectivity index (χ0n) is 16.3. The smallest absolute Gasteiger partial charge is 0.248 e. The lowest BCUT2D eigenvalue weighted by Gasteiger charge is -2.30. The van der Waals surface area contributed by atoms with Crippen LogP contribution in [-0.4, -0.2) is 33.7 Å². The minimum atomic E-state index is -3.65. The quantitative estimate of drug-likeness (QED) is 0.785. The summed E-state index contributed by atoms with van der Waals surface area (Å²) in [4.78, 5) is 12.9. The summed E-state index contributed by atoms with van der Waals surface area (Å²) in [6, 6.07) is 11.4. The first-order chi connectivity index (χ1) is 12.7. The fourth-order valence-corrected chi connectivity index (χ4v) is 4.03. The van der Waals surface area contributed by atoms with Crippen LogP contribution in [0.2, 0.25) is 0 Å². The molecule has 2 rings (SSSR count). The first-order valence-electron chi connectivity index (χ1n) is 8.69. The number of nitrogens with zero attached hydrogens (tertiary/aromatic N) is 1. The van der Waals surface area contributed by atoms with Gasteiger partial charge in [-0.05, 0) is 67.8 Å². The van der Waals surface area contributed by atoms with E-state index in [1.54, 1.807) is 50.4 Å². The molecule has 0 fully saturated rings.